The minimum atomic E-state index is -0.656. The zero-order valence-corrected chi connectivity index (χ0v) is 12.3. The Morgan fingerprint density at radius 2 is 1.71 bits per heavy atom. The highest BCUT2D eigenvalue weighted by Crippen LogP contribution is 2.32. The highest BCUT2D eigenvalue weighted by atomic mass is 19.1. The Kier molecular flexibility index (Phi) is 5.91. The van der Waals surface area contributed by atoms with Crippen molar-refractivity contribution >= 4 is 0 Å². The lowest BCUT2D eigenvalue weighted by Crippen LogP contribution is -2.04. The van der Waals surface area contributed by atoms with Gasteiger partial charge in [0.1, 0.15) is 11.7 Å². The second kappa shape index (κ2) is 7.92. The van der Waals surface area contributed by atoms with Gasteiger partial charge >= 0.3 is 0 Å². The lowest BCUT2D eigenvalue weighted by molar-refractivity contribution is 0.443. The van der Waals surface area contributed by atoms with E-state index in [-0.39, 0.29) is 0 Å². The smallest absolute Gasteiger partial charge is 0.125 e. The average Bonchev–Trinajstić information content (AvgIpc) is 2.54. The van der Waals surface area contributed by atoms with Crippen LogP contribution in [0.25, 0.3) is 0 Å². The number of hydrogen-bond acceptors (Lipinski definition) is 0. The summed E-state index contributed by atoms with van der Waals surface area (Å²) in [5.41, 5.74) is 2.43. The van der Waals surface area contributed by atoms with Gasteiger partial charge in [0, 0.05) is 6.08 Å². The van der Waals surface area contributed by atoms with E-state index in [0.717, 1.165) is 17.7 Å². The highest BCUT2D eigenvalue weighted by molar-refractivity contribution is 5.28. The van der Waals surface area contributed by atoms with Crippen LogP contribution in [-0.4, -0.2) is 0 Å². The van der Waals surface area contributed by atoms with Gasteiger partial charge in [0.25, 0.3) is 0 Å². The lowest BCUT2D eigenvalue weighted by atomic mass is 9.84. The normalized spacial score (nSPS) is 17.8. The molecule has 1 fully saturated rings. The summed E-state index contributed by atoms with van der Waals surface area (Å²) in [6.45, 7) is 3.25. The van der Waals surface area contributed by atoms with E-state index in [4.69, 9.17) is 0 Å². The van der Waals surface area contributed by atoms with Crippen LogP contribution in [0.1, 0.15) is 49.1 Å². The maximum absolute atomic E-state index is 13.4. The second-order valence-electron chi connectivity index (χ2n) is 5.60. The van der Waals surface area contributed by atoms with E-state index in [1.807, 2.05) is 12.1 Å². The summed E-state index contributed by atoms with van der Waals surface area (Å²) in [6, 6.07) is 8.39. The van der Waals surface area contributed by atoms with Crippen molar-refractivity contribution in [3.8, 4) is 0 Å². The molecular weight excluding hydrogens is 266 g/mol. The van der Waals surface area contributed by atoms with Gasteiger partial charge in [-0.05, 0) is 48.5 Å². The molecule has 0 radical (unpaired) electrons. The highest BCUT2D eigenvalue weighted by Gasteiger charge is 2.14. The van der Waals surface area contributed by atoms with Crippen molar-refractivity contribution in [2.45, 2.75) is 44.4 Å². The topological polar surface area (TPSA) is 0 Å². The lowest BCUT2D eigenvalue weighted by Gasteiger charge is -2.22. The summed E-state index contributed by atoms with van der Waals surface area (Å²) in [5.74, 6) is -0.537. The molecule has 0 unspecified atom stereocenters. The molecule has 0 aromatic heterocycles. The molecule has 21 heavy (non-hydrogen) atoms. The van der Waals surface area contributed by atoms with Gasteiger partial charge in [-0.3, -0.25) is 0 Å². The van der Waals surface area contributed by atoms with E-state index >= 15 is 0 Å². The van der Waals surface area contributed by atoms with E-state index in [0.29, 0.717) is 12.3 Å². The van der Waals surface area contributed by atoms with Crippen LogP contribution in [0.15, 0.2) is 60.7 Å². The van der Waals surface area contributed by atoms with Crippen LogP contribution in [0, 0.1) is 0 Å². The fourth-order valence-corrected chi connectivity index (χ4v) is 2.83. The molecule has 0 spiro atoms. The predicted molar refractivity (Wildman–Crippen MR) is 84.6 cm³/mol. The number of allylic oxidation sites excluding steroid dienone is 5. The molecule has 1 aromatic carbocycles. The van der Waals surface area contributed by atoms with Crippen LogP contribution in [-0.2, 0) is 6.42 Å². The van der Waals surface area contributed by atoms with Crippen LogP contribution < -0.4 is 0 Å². The van der Waals surface area contributed by atoms with E-state index < -0.39 is 11.7 Å². The molecular formula is C19H22F2. The molecule has 0 N–H and O–H groups in total. The fraction of sp³-hybridized carbons (Fsp3) is 0.368. The van der Waals surface area contributed by atoms with Crippen molar-refractivity contribution in [1.29, 1.82) is 0 Å². The van der Waals surface area contributed by atoms with E-state index in [1.165, 1.54) is 43.7 Å². The van der Waals surface area contributed by atoms with Gasteiger partial charge in [0.05, 0.1) is 0 Å². The average molecular weight is 288 g/mol. The quantitative estimate of drug-likeness (QED) is 0.568. The molecule has 2 heteroatoms. The Balaban J connectivity index is 1.96. The largest absolute Gasteiger partial charge is 0.207 e. The summed E-state index contributed by atoms with van der Waals surface area (Å²) in [6.07, 6.45) is 10.3. The number of rotatable bonds is 5. The molecule has 112 valence electrons. The Hall–Kier alpha value is -1.70. The third-order valence-electron chi connectivity index (χ3n) is 4.06. The Labute approximate surface area is 125 Å². The van der Waals surface area contributed by atoms with E-state index in [2.05, 4.69) is 18.7 Å². The molecule has 0 saturated heterocycles. The van der Waals surface area contributed by atoms with Crippen LogP contribution in [0.5, 0.6) is 0 Å². The zero-order valence-electron chi connectivity index (χ0n) is 12.3. The number of hydrogen-bond donors (Lipinski definition) is 0. The molecule has 0 aliphatic heterocycles. The second-order valence-corrected chi connectivity index (χ2v) is 5.60. The molecule has 1 aliphatic carbocycles. The molecule has 1 aliphatic rings. The van der Waals surface area contributed by atoms with Gasteiger partial charge < -0.3 is 0 Å². The summed E-state index contributed by atoms with van der Waals surface area (Å²) < 4.78 is 26.2. The molecule has 0 atom stereocenters. The summed E-state index contributed by atoms with van der Waals surface area (Å²) in [4.78, 5) is 0. The van der Waals surface area contributed by atoms with Crippen molar-refractivity contribution in [1.82, 2.24) is 0 Å². The number of benzene rings is 1. The van der Waals surface area contributed by atoms with E-state index in [9.17, 15) is 8.78 Å². The zero-order chi connectivity index (χ0) is 15.1. The van der Waals surface area contributed by atoms with Gasteiger partial charge in [-0.1, -0.05) is 50.1 Å². The van der Waals surface area contributed by atoms with Crippen LogP contribution >= 0.6 is 0 Å². The Morgan fingerprint density at radius 3 is 2.33 bits per heavy atom. The van der Waals surface area contributed by atoms with Gasteiger partial charge in [0.15, 0.2) is 0 Å². The third-order valence-corrected chi connectivity index (χ3v) is 4.06. The van der Waals surface area contributed by atoms with Crippen LogP contribution in [0.3, 0.4) is 0 Å². The van der Waals surface area contributed by atoms with Crippen LogP contribution in [0.4, 0.5) is 8.78 Å². The van der Waals surface area contributed by atoms with Crippen molar-refractivity contribution in [3.63, 3.8) is 0 Å². The summed E-state index contributed by atoms with van der Waals surface area (Å²) in [5, 5.41) is 0. The van der Waals surface area contributed by atoms with Crippen molar-refractivity contribution in [3.05, 3.63) is 71.9 Å². The molecule has 1 saturated carbocycles. The molecule has 0 nitrogen and oxygen atoms in total. The molecule has 2 rings (SSSR count). The fourth-order valence-electron chi connectivity index (χ4n) is 2.83. The first-order chi connectivity index (χ1) is 10.2. The summed E-state index contributed by atoms with van der Waals surface area (Å²) >= 11 is 0. The van der Waals surface area contributed by atoms with Crippen LogP contribution in [0.2, 0.25) is 0 Å². The Morgan fingerprint density at radius 1 is 1.05 bits per heavy atom. The van der Waals surface area contributed by atoms with Crippen molar-refractivity contribution in [2.75, 3.05) is 0 Å². The minimum Gasteiger partial charge on any atom is -0.207 e. The first-order valence-electron chi connectivity index (χ1n) is 7.63. The van der Waals surface area contributed by atoms with Gasteiger partial charge in [-0.15, -0.1) is 0 Å². The van der Waals surface area contributed by atoms with Crippen molar-refractivity contribution in [2.24, 2.45) is 0 Å². The van der Waals surface area contributed by atoms with Gasteiger partial charge in [-0.25, -0.2) is 8.78 Å². The van der Waals surface area contributed by atoms with Crippen molar-refractivity contribution < 1.29 is 8.78 Å². The first kappa shape index (κ1) is 15.7. The monoisotopic (exact) mass is 288 g/mol. The third kappa shape index (κ3) is 4.96. The summed E-state index contributed by atoms with van der Waals surface area (Å²) in [7, 11) is 0. The first-order valence-corrected chi connectivity index (χ1v) is 7.63. The Bertz CT molecular complexity index is 517. The van der Waals surface area contributed by atoms with E-state index in [1.54, 1.807) is 0 Å². The molecule has 0 bridgehead atoms. The maximum atomic E-state index is 13.4. The number of halogens is 2. The molecule has 1 aromatic rings. The van der Waals surface area contributed by atoms with Gasteiger partial charge in [-0.2, -0.15) is 0 Å². The standard InChI is InChI=1S/C19H22F2/c1-2-18(20)14-19(21)13-10-15-8-11-17(12-9-15)16-6-4-3-5-7-16/h2,8-9,11-14,16H,1,3-7,10H2/b18-14+,19-13+. The minimum absolute atomic E-state index is 0.470. The molecule has 0 heterocycles. The SMILES string of the molecule is C=C/C(F)=C\C(F)=C/Cc1ccc(C2CCCCC2)cc1. The van der Waals surface area contributed by atoms with Gasteiger partial charge in [0.2, 0.25) is 0 Å². The predicted octanol–water partition coefficient (Wildman–Crippen LogP) is 6.17. The maximum Gasteiger partial charge on any atom is 0.125 e. The molecule has 0 amide bonds.